The van der Waals surface area contributed by atoms with Crippen LogP contribution in [0.1, 0.15) is 56.4 Å². The van der Waals surface area contributed by atoms with E-state index in [9.17, 15) is 9.59 Å². The molecule has 0 aliphatic heterocycles. The minimum Gasteiger partial charge on any atom is -0.350 e. The Morgan fingerprint density at radius 3 is 2.65 bits per heavy atom. The highest BCUT2D eigenvalue weighted by Gasteiger charge is 2.34. The number of amides is 1. The summed E-state index contributed by atoms with van der Waals surface area (Å²) in [5.41, 5.74) is 0.211. The van der Waals surface area contributed by atoms with E-state index in [-0.39, 0.29) is 22.6 Å². The molecule has 1 aromatic heterocycles. The molecule has 0 bridgehead atoms. The smallest absolute Gasteiger partial charge is 0.271 e. The topological polar surface area (TPSA) is 74.8 Å². The predicted molar refractivity (Wildman–Crippen MR) is 77.5 cm³/mol. The molecule has 2 N–H and O–H groups in total. The zero-order valence-electron chi connectivity index (χ0n) is 12.2. The first-order valence-corrected chi connectivity index (χ1v) is 7.35. The summed E-state index contributed by atoms with van der Waals surface area (Å²) >= 11 is 0. The van der Waals surface area contributed by atoms with Crippen molar-refractivity contribution in [2.45, 2.75) is 46.0 Å². The van der Waals surface area contributed by atoms with Gasteiger partial charge in [0.25, 0.3) is 11.5 Å². The average molecular weight is 277 g/mol. The Hall–Kier alpha value is -1.65. The third kappa shape index (κ3) is 3.68. The molecule has 1 amide bonds. The van der Waals surface area contributed by atoms with Gasteiger partial charge in [-0.2, -0.15) is 5.10 Å². The van der Waals surface area contributed by atoms with E-state index in [0.717, 1.165) is 6.42 Å². The molecule has 5 heteroatoms. The Balaban J connectivity index is 1.97. The zero-order chi connectivity index (χ0) is 14.6. The van der Waals surface area contributed by atoms with Crippen LogP contribution >= 0.6 is 0 Å². The fraction of sp³-hybridized carbons (Fsp3) is 0.667. The highest BCUT2D eigenvalue weighted by molar-refractivity contribution is 5.91. The molecule has 0 aromatic carbocycles. The Labute approximate surface area is 119 Å². The Bertz CT molecular complexity index is 496. The van der Waals surface area contributed by atoms with Crippen molar-refractivity contribution in [3.8, 4) is 0 Å². The van der Waals surface area contributed by atoms with E-state index >= 15 is 0 Å². The van der Waals surface area contributed by atoms with Crippen LogP contribution in [0.4, 0.5) is 0 Å². The number of H-pyrrole nitrogens is 1. The zero-order valence-corrected chi connectivity index (χ0v) is 12.2. The molecule has 1 saturated carbocycles. The van der Waals surface area contributed by atoms with Crippen LogP contribution in [0.15, 0.2) is 16.9 Å². The molecular weight excluding hydrogens is 254 g/mol. The summed E-state index contributed by atoms with van der Waals surface area (Å²) in [4.78, 5) is 23.0. The first-order chi connectivity index (χ1) is 9.51. The van der Waals surface area contributed by atoms with Gasteiger partial charge in [-0.25, -0.2) is 5.10 Å². The molecule has 0 spiro atoms. The number of nitrogens with zero attached hydrogens (tertiary/aromatic N) is 1. The molecule has 1 heterocycles. The number of aromatic nitrogens is 2. The molecule has 20 heavy (non-hydrogen) atoms. The lowest BCUT2D eigenvalue weighted by atomic mass is 9.78. The van der Waals surface area contributed by atoms with Crippen molar-refractivity contribution in [1.29, 1.82) is 0 Å². The largest absolute Gasteiger partial charge is 0.350 e. The highest BCUT2D eigenvalue weighted by atomic mass is 16.2. The van der Waals surface area contributed by atoms with Crippen molar-refractivity contribution in [1.82, 2.24) is 15.5 Å². The third-order valence-corrected chi connectivity index (χ3v) is 4.04. The molecule has 0 saturated heterocycles. The van der Waals surface area contributed by atoms with Crippen LogP contribution in [0.5, 0.6) is 0 Å². The van der Waals surface area contributed by atoms with Gasteiger partial charge >= 0.3 is 0 Å². The van der Waals surface area contributed by atoms with Crippen LogP contribution in [0.25, 0.3) is 0 Å². The summed E-state index contributed by atoms with van der Waals surface area (Å²) in [6, 6.07) is 2.78. The fourth-order valence-corrected chi connectivity index (χ4v) is 3.27. The van der Waals surface area contributed by atoms with Crippen molar-refractivity contribution in [3.05, 3.63) is 28.2 Å². The molecule has 1 aliphatic rings. The normalized spacial score (nSPS) is 17.4. The SMILES string of the molecule is CC(C)CC1(CNC(=O)c2ccc(=O)[nH]n2)CCCC1. The molecule has 1 fully saturated rings. The summed E-state index contributed by atoms with van der Waals surface area (Å²) in [6.07, 6.45) is 6.01. The van der Waals surface area contributed by atoms with Gasteiger partial charge in [0.15, 0.2) is 0 Å². The van der Waals surface area contributed by atoms with E-state index in [1.54, 1.807) is 0 Å². The van der Waals surface area contributed by atoms with E-state index in [0.29, 0.717) is 12.5 Å². The van der Waals surface area contributed by atoms with Gasteiger partial charge in [-0.1, -0.05) is 26.7 Å². The molecule has 1 aliphatic carbocycles. The lowest BCUT2D eigenvalue weighted by molar-refractivity contribution is 0.0915. The second kappa shape index (κ2) is 6.20. The third-order valence-electron chi connectivity index (χ3n) is 4.04. The lowest BCUT2D eigenvalue weighted by Gasteiger charge is -2.31. The van der Waals surface area contributed by atoms with Gasteiger partial charge < -0.3 is 5.32 Å². The van der Waals surface area contributed by atoms with Crippen LogP contribution in [0, 0.1) is 11.3 Å². The van der Waals surface area contributed by atoms with Gasteiger partial charge in [0.1, 0.15) is 5.69 Å². The van der Waals surface area contributed by atoms with Gasteiger partial charge in [-0.15, -0.1) is 0 Å². The van der Waals surface area contributed by atoms with Crippen LogP contribution in [0.3, 0.4) is 0 Å². The molecule has 2 rings (SSSR count). The highest BCUT2D eigenvalue weighted by Crippen LogP contribution is 2.42. The quantitative estimate of drug-likeness (QED) is 0.865. The van der Waals surface area contributed by atoms with Gasteiger partial charge in [0.05, 0.1) is 0 Å². The van der Waals surface area contributed by atoms with Gasteiger partial charge in [0.2, 0.25) is 0 Å². The number of hydrogen-bond acceptors (Lipinski definition) is 3. The Morgan fingerprint density at radius 2 is 2.10 bits per heavy atom. The van der Waals surface area contributed by atoms with E-state index < -0.39 is 0 Å². The summed E-state index contributed by atoms with van der Waals surface area (Å²) in [6.45, 7) is 5.15. The first-order valence-electron chi connectivity index (χ1n) is 7.35. The summed E-state index contributed by atoms with van der Waals surface area (Å²) < 4.78 is 0. The monoisotopic (exact) mass is 277 g/mol. The number of aromatic amines is 1. The number of hydrogen-bond donors (Lipinski definition) is 2. The van der Waals surface area contributed by atoms with Gasteiger partial charge in [-0.3, -0.25) is 9.59 Å². The summed E-state index contributed by atoms with van der Waals surface area (Å²) in [7, 11) is 0. The average Bonchev–Trinajstić information content (AvgIpc) is 2.85. The standard InChI is InChI=1S/C15H23N3O2/c1-11(2)9-15(7-3-4-8-15)10-16-14(20)12-5-6-13(19)18-17-12/h5-6,11H,3-4,7-10H2,1-2H3,(H,16,20)(H,18,19). The molecular formula is C15H23N3O2. The maximum absolute atomic E-state index is 12.0. The van der Waals surface area contributed by atoms with Crippen molar-refractivity contribution in [2.24, 2.45) is 11.3 Å². The minimum atomic E-state index is -0.298. The van der Waals surface area contributed by atoms with Crippen LogP contribution in [-0.4, -0.2) is 22.6 Å². The second-order valence-corrected chi connectivity index (χ2v) is 6.29. The van der Waals surface area contributed by atoms with Crippen molar-refractivity contribution in [3.63, 3.8) is 0 Å². The molecule has 110 valence electrons. The summed E-state index contributed by atoms with van der Waals surface area (Å²) in [5, 5.41) is 9.02. The van der Waals surface area contributed by atoms with Crippen LogP contribution in [-0.2, 0) is 0 Å². The Kier molecular flexibility index (Phi) is 4.57. The number of nitrogens with one attached hydrogen (secondary N) is 2. The number of carbonyl (C=O) groups is 1. The number of rotatable bonds is 5. The Morgan fingerprint density at radius 1 is 1.40 bits per heavy atom. The van der Waals surface area contributed by atoms with Crippen LogP contribution in [0.2, 0.25) is 0 Å². The first kappa shape index (κ1) is 14.8. The van der Waals surface area contributed by atoms with E-state index in [1.165, 1.54) is 37.8 Å². The number of carbonyl (C=O) groups excluding carboxylic acids is 1. The summed E-state index contributed by atoms with van der Waals surface area (Å²) in [5.74, 6) is 0.424. The fourth-order valence-electron chi connectivity index (χ4n) is 3.27. The predicted octanol–water partition coefficient (Wildman–Crippen LogP) is 2.11. The van der Waals surface area contributed by atoms with Crippen molar-refractivity contribution in [2.75, 3.05) is 6.54 Å². The van der Waals surface area contributed by atoms with Gasteiger partial charge in [0, 0.05) is 12.6 Å². The minimum absolute atomic E-state index is 0.212. The van der Waals surface area contributed by atoms with E-state index in [1.807, 2.05) is 0 Å². The van der Waals surface area contributed by atoms with Crippen molar-refractivity contribution < 1.29 is 4.79 Å². The van der Waals surface area contributed by atoms with E-state index in [4.69, 9.17) is 0 Å². The second-order valence-electron chi connectivity index (χ2n) is 6.29. The lowest BCUT2D eigenvalue weighted by Crippen LogP contribution is -2.37. The molecule has 0 radical (unpaired) electrons. The molecule has 0 atom stereocenters. The van der Waals surface area contributed by atoms with Gasteiger partial charge in [-0.05, 0) is 36.7 Å². The van der Waals surface area contributed by atoms with Crippen LogP contribution < -0.4 is 10.9 Å². The molecule has 0 unspecified atom stereocenters. The molecule has 1 aromatic rings. The van der Waals surface area contributed by atoms with E-state index in [2.05, 4.69) is 29.4 Å². The maximum atomic E-state index is 12.0. The molecule has 5 nitrogen and oxygen atoms in total. The van der Waals surface area contributed by atoms with Crippen molar-refractivity contribution >= 4 is 5.91 Å². The maximum Gasteiger partial charge on any atom is 0.271 e.